The molecule has 3 rings (SSSR count). The first-order valence-electron chi connectivity index (χ1n) is 8.80. The van der Waals surface area contributed by atoms with E-state index in [-0.39, 0.29) is 18.1 Å². The van der Waals surface area contributed by atoms with Gasteiger partial charge in [0.15, 0.2) is 0 Å². The third-order valence-corrected chi connectivity index (χ3v) is 4.45. The van der Waals surface area contributed by atoms with Crippen molar-refractivity contribution >= 4 is 22.9 Å². The summed E-state index contributed by atoms with van der Waals surface area (Å²) >= 11 is 0. The Morgan fingerprint density at radius 3 is 2.43 bits per heavy atom. The lowest BCUT2D eigenvalue weighted by atomic mass is 10.0. The van der Waals surface area contributed by atoms with Gasteiger partial charge in [0.25, 0.3) is 0 Å². The molecule has 0 spiro atoms. The Bertz CT molecular complexity index is 1090. The molecule has 2 aromatic carbocycles. The van der Waals surface area contributed by atoms with E-state index < -0.39 is 11.6 Å². The number of carbonyl (C=O) groups is 2. The molecule has 6 heteroatoms. The number of esters is 2. The van der Waals surface area contributed by atoms with Crippen LogP contribution in [0.1, 0.15) is 33.5 Å². The van der Waals surface area contributed by atoms with Crippen molar-refractivity contribution in [1.82, 2.24) is 0 Å². The van der Waals surface area contributed by atoms with Crippen LogP contribution in [-0.2, 0) is 16.0 Å². The van der Waals surface area contributed by atoms with E-state index >= 15 is 0 Å². The van der Waals surface area contributed by atoms with Gasteiger partial charge in [-0.2, -0.15) is 0 Å². The highest BCUT2D eigenvalue weighted by Crippen LogP contribution is 2.29. The number of methoxy groups -OCH3 is 1. The lowest BCUT2D eigenvalue weighted by Crippen LogP contribution is -2.11. The van der Waals surface area contributed by atoms with Crippen molar-refractivity contribution in [3.8, 4) is 5.75 Å². The van der Waals surface area contributed by atoms with Gasteiger partial charge in [0.05, 0.1) is 12.7 Å². The second-order valence-electron chi connectivity index (χ2n) is 6.54. The average molecular weight is 380 g/mol. The highest BCUT2D eigenvalue weighted by molar-refractivity contribution is 5.92. The first-order valence-corrected chi connectivity index (χ1v) is 8.80. The van der Waals surface area contributed by atoms with Crippen LogP contribution < -0.4 is 10.4 Å². The minimum absolute atomic E-state index is 0.132. The Labute approximate surface area is 161 Å². The SMILES string of the molecule is COC(=O)CCc1cc2c(C)cc(=O)oc2cc1OC(=O)c1ccc(C)cc1. The molecule has 3 aromatic rings. The van der Waals surface area contributed by atoms with E-state index in [1.54, 1.807) is 25.1 Å². The molecule has 0 saturated heterocycles. The summed E-state index contributed by atoms with van der Waals surface area (Å²) in [6, 6.07) is 11.7. The number of rotatable bonds is 5. The van der Waals surface area contributed by atoms with E-state index in [0.717, 1.165) is 16.5 Å². The molecular formula is C22H20O6. The lowest BCUT2D eigenvalue weighted by Gasteiger charge is -2.12. The number of carbonyl (C=O) groups excluding carboxylic acids is 2. The zero-order valence-electron chi connectivity index (χ0n) is 15.9. The van der Waals surface area contributed by atoms with E-state index in [1.165, 1.54) is 19.2 Å². The van der Waals surface area contributed by atoms with Gasteiger partial charge in [-0.25, -0.2) is 9.59 Å². The maximum atomic E-state index is 12.5. The first kappa shape index (κ1) is 19.4. The van der Waals surface area contributed by atoms with Crippen molar-refractivity contribution in [1.29, 1.82) is 0 Å². The smallest absolute Gasteiger partial charge is 0.343 e. The number of hydrogen-bond acceptors (Lipinski definition) is 6. The van der Waals surface area contributed by atoms with Crippen molar-refractivity contribution in [2.24, 2.45) is 0 Å². The van der Waals surface area contributed by atoms with Gasteiger partial charge in [-0.05, 0) is 49.6 Å². The number of aryl methyl sites for hydroxylation is 3. The number of fused-ring (bicyclic) bond motifs is 1. The van der Waals surface area contributed by atoms with Crippen LogP contribution in [0.5, 0.6) is 5.75 Å². The fraction of sp³-hybridized carbons (Fsp3) is 0.227. The van der Waals surface area contributed by atoms with Crippen LogP contribution in [0.25, 0.3) is 11.0 Å². The minimum atomic E-state index is -0.534. The van der Waals surface area contributed by atoms with Crippen molar-refractivity contribution in [2.45, 2.75) is 26.7 Å². The molecule has 0 atom stereocenters. The van der Waals surface area contributed by atoms with Crippen LogP contribution in [0.3, 0.4) is 0 Å². The normalized spacial score (nSPS) is 10.7. The summed E-state index contributed by atoms with van der Waals surface area (Å²) in [4.78, 5) is 35.8. The van der Waals surface area contributed by atoms with Gasteiger partial charge in [-0.3, -0.25) is 4.79 Å². The molecule has 0 amide bonds. The highest BCUT2D eigenvalue weighted by Gasteiger charge is 2.16. The monoisotopic (exact) mass is 380 g/mol. The van der Waals surface area contributed by atoms with Gasteiger partial charge in [-0.1, -0.05) is 17.7 Å². The van der Waals surface area contributed by atoms with E-state index in [0.29, 0.717) is 23.1 Å². The summed E-state index contributed by atoms with van der Waals surface area (Å²) < 4.78 is 15.5. The van der Waals surface area contributed by atoms with Crippen LogP contribution in [0.15, 0.2) is 51.7 Å². The van der Waals surface area contributed by atoms with Gasteiger partial charge >= 0.3 is 17.6 Å². The van der Waals surface area contributed by atoms with Gasteiger partial charge in [0.2, 0.25) is 0 Å². The van der Waals surface area contributed by atoms with Crippen LogP contribution >= 0.6 is 0 Å². The summed E-state index contributed by atoms with van der Waals surface area (Å²) in [5.74, 6) is -0.656. The minimum Gasteiger partial charge on any atom is -0.469 e. The fourth-order valence-electron chi connectivity index (χ4n) is 2.87. The molecule has 0 unspecified atom stereocenters. The average Bonchev–Trinajstić information content (AvgIpc) is 2.66. The molecule has 0 aliphatic heterocycles. The molecule has 1 aromatic heterocycles. The van der Waals surface area contributed by atoms with E-state index in [9.17, 15) is 14.4 Å². The van der Waals surface area contributed by atoms with E-state index in [4.69, 9.17) is 13.9 Å². The van der Waals surface area contributed by atoms with Crippen LogP contribution in [0.4, 0.5) is 0 Å². The van der Waals surface area contributed by atoms with E-state index in [2.05, 4.69) is 0 Å². The molecule has 1 heterocycles. The van der Waals surface area contributed by atoms with Crippen LogP contribution in [0.2, 0.25) is 0 Å². The van der Waals surface area contributed by atoms with Crippen LogP contribution in [0, 0.1) is 13.8 Å². The largest absolute Gasteiger partial charge is 0.469 e. The van der Waals surface area contributed by atoms with Gasteiger partial charge in [0, 0.05) is 23.9 Å². The Balaban J connectivity index is 2.01. The molecule has 6 nitrogen and oxygen atoms in total. The van der Waals surface area contributed by atoms with Gasteiger partial charge < -0.3 is 13.9 Å². The van der Waals surface area contributed by atoms with Crippen molar-refractivity contribution in [2.75, 3.05) is 7.11 Å². The highest BCUT2D eigenvalue weighted by atomic mass is 16.5. The maximum Gasteiger partial charge on any atom is 0.343 e. The third-order valence-electron chi connectivity index (χ3n) is 4.45. The molecule has 0 fully saturated rings. The Morgan fingerprint density at radius 2 is 1.75 bits per heavy atom. The van der Waals surface area contributed by atoms with Crippen molar-refractivity contribution in [3.05, 3.63) is 75.1 Å². The number of hydrogen-bond donors (Lipinski definition) is 0. The molecule has 0 saturated carbocycles. The number of ether oxygens (including phenoxy) is 2. The molecule has 0 aliphatic carbocycles. The Kier molecular flexibility index (Phi) is 5.59. The fourth-order valence-corrected chi connectivity index (χ4v) is 2.87. The zero-order chi connectivity index (χ0) is 20.3. The quantitative estimate of drug-likeness (QED) is 0.381. The Hall–Kier alpha value is -3.41. The molecule has 0 radical (unpaired) electrons. The molecular weight excluding hydrogens is 360 g/mol. The predicted molar refractivity (Wildman–Crippen MR) is 104 cm³/mol. The van der Waals surface area contributed by atoms with E-state index in [1.807, 2.05) is 19.1 Å². The molecule has 0 aliphatic rings. The predicted octanol–water partition coefficient (Wildman–Crippen LogP) is 3.73. The van der Waals surface area contributed by atoms with Crippen molar-refractivity contribution in [3.63, 3.8) is 0 Å². The maximum absolute atomic E-state index is 12.5. The summed E-state index contributed by atoms with van der Waals surface area (Å²) in [5, 5.41) is 0.717. The molecule has 0 N–H and O–H groups in total. The second-order valence-corrected chi connectivity index (χ2v) is 6.54. The molecule has 144 valence electrons. The lowest BCUT2D eigenvalue weighted by molar-refractivity contribution is -0.140. The standard InChI is InChI=1S/C22H20O6/c1-13-4-6-15(7-5-13)22(25)28-18-12-19-17(14(2)10-21(24)27-19)11-16(18)8-9-20(23)26-3/h4-7,10-12H,8-9H2,1-3H3. The van der Waals surface area contributed by atoms with Crippen molar-refractivity contribution < 1.29 is 23.5 Å². The summed E-state index contributed by atoms with van der Waals surface area (Å²) in [7, 11) is 1.32. The summed E-state index contributed by atoms with van der Waals surface area (Å²) in [6.45, 7) is 3.72. The first-order chi connectivity index (χ1) is 13.4. The molecule has 28 heavy (non-hydrogen) atoms. The second kappa shape index (κ2) is 8.08. The van der Waals surface area contributed by atoms with Gasteiger partial charge in [-0.15, -0.1) is 0 Å². The molecule has 0 bridgehead atoms. The Morgan fingerprint density at radius 1 is 1.04 bits per heavy atom. The zero-order valence-corrected chi connectivity index (χ0v) is 15.9. The topological polar surface area (TPSA) is 82.8 Å². The number of benzene rings is 2. The van der Waals surface area contributed by atoms with Gasteiger partial charge in [0.1, 0.15) is 11.3 Å². The van der Waals surface area contributed by atoms with Crippen LogP contribution in [-0.4, -0.2) is 19.0 Å². The third kappa shape index (κ3) is 4.28. The summed E-state index contributed by atoms with van der Waals surface area (Å²) in [5.41, 5.74) is 2.65. The summed E-state index contributed by atoms with van der Waals surface area (Å²) in [6.07, 6.45) is 0.449.